The average Bonchev–Trinajstić information content (AvgIpc) is 2.87. The van der Waals surface area contributed by atoms with E-state index in [-0.39, 0.29) is 0 Å². The molecule has 1 aromatic heterocycles. The molecule has 0 aromatic carbocycles. The number of hydrogen-bond acceptors (Lipinski definition) is 2. The minimum atomic E-state index is 0.668. The second-order valence-corrected chi connectivity index (χ2v) is 3.18. The summed E-state index contributed by atoms with van der Waals surface area (Å²) in [6.07, 6.45) is 4.36. The molecule has 0 atom stereocenters. The molecule has 1 heterocycles. The Bertz CT molecular complexity index is 260. The zero-order valence-electron chi connectivity index (χ0n) is 5.96. The lowest BCUT2D eigenvalue weighted by molar-refractivity contribution is 0.690. The Kier molecular flexibility index (Phi) is 1.98. The van der Waals surface area contributed by atoms with Crippen LogP contribution >= 0.6 is 23.0 Å². The molecule has 1 saturated carbocycles. The molecule has 1 aliphatic rings. The van der Waals surface area contributed by atoms with Gasteiger partial charge in [0.05, 0.1) is 5.69 Å². The van der Waals surface area contributed by atoms with Crippen LogP contribution in [-0.4, -0.2) is 4.98 Å². The van der Waals surface area contributed by atoms with Crippen LogP contribution in [0.3, 0.4) is 0 Å². The van der Waals surface area contributed by atoms with Crippen LogP contribution in [0.4, 0.5) is 0 Å². The molecule has 0 spiro atoms. The summed E-state index contributed by atoms with van der Waals surface area (Å²) in [4.78, 5) is 4.28. The Hall–Kier alpha value is -0.320. The first kappa shape index (κ1) is 7.34. The van der Waals surface area contributed by atoms with Gasteiger partial charge in [0.25, 0.3) is 0 Å². The Morgan fingerprint density at radius 1 is 1.55 bits per heavy atom. The second kappa shape index (κ2) is 2.97. The van der Waals surface area contributed by atoms with E-state index in [9.17, 15) is 0 Å². The van der Waals surface area contributed by atoms with Gasteiger partial charge in [-0.1, -0.05) is 0 Å². The van der Waals surface area contributed by atoms with Gasteiger partial charge in [-0.3, -0.25) is 4.98 Å². The molecule has 0 unspecified atom stereocenters. The van der Waals surface area contributed by atoms with Crippen molar-refractivity contribution in [1.29, 1.82) is 0 Å². The fourth-order valence-corrected chi connectivity index (χ4v) is 1.50. The molecule has 2 nitrogen and oxygen atoms in total. The lowest BCUT2D eigenvalue weighted by Gasteiger charge is -2.01. The number of nitrogens with zero attached hydrogens (tertiary/aromatic N) is 1. The first-order valence-corrected chi connectivity index (χ1v) is 4.53. The average molecular weight is 261 g/mol. The van der Waals surface area contributed by atoms with Gasteiger partial charge in [0, 0.05) is 12.1 Å². The lowest BCUT2D eigenvalue weighted by atomic mass is 10.2. The SMILES string of the molecule is IOc1cccnc1C1CC1. The van der Waals surface area contributed by atoms with Gasteiger partial charge in [0.2, 0.25) is 0 Å². The van der Waals surface area contributed by atoms with Crippen LogP contribution in [0.15, 0.2) is 18.3 Å². The third-order valence-corrected chi connectivity index (χ3v) is 2.32. The van der Waals surface area contributed by atoms with Crippen molar-refractivity contribution in [2.75, 3.05) is 0 Å². The predicted molar refractivity (Wildman–Crippen MR) is 50.9 cm³/mol. The molecule has 0 aliphatic heterocycles. The third-order valence-electron chi connectivity index (χ3n) is 1.85. The lowest BCUT2D eigenvalue weighted by Crippen LogP contribution is -1.88. The quantitative estimate of drug-likeness (QED) is 0.763. The maximum absolute atomic E-state index is 5.15. The highest BCUT2D eigenvalue weighted by molar-refractivity contribution is 14.1. The third kappa shape index (κ3) is 1.47. The van der Waals surface area contributed by atoms with E-state index in [1.807, 2.05) is 41.3 Å². The molecule has 1 aromatic rings. The maximum atomic E-state index is 5.15. The molecular formula is C8H8INO. The second-order valence-electron chi connectivity index (χ2n) is 2.74. The van der Waals surface area contributed by atoms with E-state index < -0.39 is 0 Å². The first-order chi connectivity index (χ1) is 5.42. The summed E-state index contributed by atoms with van der Waals surface area (Å²) in [5.41, 5.74) is 1.13. The number of halogens is 1. The van der Waals surface area contributed by atoms with Gasteiger partial charge >= 0.3 is 0 Å². The first-order valence-electron chi connectivity index (χ1n) is 3.65. The van der Waals surface area contributed by atoms with Gasteiger partial charge in [-0.15, -0.1) is 0 Å². The van der Waals surface area contributed by atoms with Crippen molar-refractivity contribution in [2.24, 2.45) is 0 Å². The van der Waals surface area contributed by atoms with Crippen LogP contribution in [0, 0.1) is 0 Å². The molecule has 11 heavy (non-hydrogen) atoms. The summed E-state index contributed by atoms with van der Waals surface area (Å²) in [5.74, 6) is 1.59. The van der Waals surface area contributed by atoms with Crippen LogP contribution in [0.2, 0.25) is 0 Å². The Balaban J connectivity index is 2.34. The predicted octanol–water partition coefficient (Wildman–Crippen LogP) is 2.69. The fraction of sp³-hybridized carbons (Fsp3) is 0.375. The van der Waals surface area contributed by atoms with Crippen molar-refractivity contribution in [2.45, 2.75) is 18.8 Å². The van der Waals surface area contributed by atoms with Crippen LogP contribution in [0.1, 0.15) is 24.5 Å². The molecule has 0 saturated heterocycles. The smallest absolute Gasteiger partial charge is 0.192 e. The number of hydrogen-bond donors (Lipinski definition) is 0. The molecule has 58 valence electrons. The minimum absolute atomic E-state index is 0.668. The highest BCUT2D eigenvalue weighted by atomic mass is 127. The van der Waals surface area contributed by atoms with Crippen molar-refractivity contribution >= 4 is 23.0 Å². The van der Waals surface area contributed by atoms with Gasteiger partial charge < -0.3 is 3.07 Å². The summed E-state index contributed by atoms with van der Waals surface area (Å²) < 4.78 is 5.15. The monoisotopic (exact) mass is 261 g/mol. The van der Waals surface area contributed by atoms with E-state index in [4.69, 9.17) is 3.07 Å². The van der Waals surface area contributed by atoms with Crippen molar-refractivity contribution in [1.82, 2.24) is 4.98 Å². The number of pyridine rings is 1. The molecular weight excluding hydrogens is 253 g/mol. The van der Waals surface area contributed by atoms with Gasteiger partial charge in [-0.2, -0.15) is 0 Å². The molecule has 0 bridgehead atoms. The van der Waals surface area contributed by atoms with Gasteiger partial charge in [0.1, 0.15) is 0 Å². The normalized spacial score (nSPS) is 16.5. The Labute approximate surface area is 79.7 Å². The van der Waals surface area contributed by atoms with Crippen molar-refractivity contribution in [3.63, 3.8) is 0 Å². The standard InChI is InChI=1S/C8H8INO/c9-11-7-2-1-5-10-8(7)6-3-4-6/h1-2,5-6H,3-4H2. The van der Waals surface area contributed by atoms with Crippen LogP contribution in [0.25, 0.3) is 0 Å². The molecule has 3 heteroatoms. The zero-order chi connectivity index (χ0) is 7.68. The van der Waals surface area contributed by atoms with Gasteiger partial charge in [-0.25, -0.2) is 0 Å². The van der Waals surface area contributed by atoms with E-state index in [1.54, 1.807) is 0 Å². The van der Waals surface area contributed by atoms with Gasteiger partial charge in [0.15, 0.2) is 28.8 Å². The summed E-state index contributed by atoms with van der Waals surface area (Å²) in [6, 6.07) is 3.87. The van der Waals surface area contributed by atoms with Crippen LogP contribution < -0.4 is 3.07 Å². The Morgan fingerprint density at radius 2 is 2.36 bits per heavy atom. The van der Waals surface area contributed by atoms with E-state index in [0.29, 0.717) is 5.92 Å². The highest BCUT2D eigenvalue weighted by Crippen LogP contribution is 2.43. The summed E-state index contributed by atoms with van der Waals surface area (Å²) in [5, 5.41) is 0. The minimum Gasteiger partial charge on any atom is -0.426 e. The fourth-order valence-electron chi connectivity index (χ4n) is 1.13. The molecule has 0 N–H and O–H groups in total. The molecule has 0 radical (unpaired) electrons. The van der Waals surface area contributed by atoms with Crippen molar-refractivity contribution < 1.29 is 3.07 Å². The van der Waals surface area contributed by atoms with Crippen LogP contribution in [0.5, 0.6) is 5.75 Å². The summed E-state index contributed by atoms with van der Waals surface area (Å²) in [7, 11) is 0. The Morgan fingerprint density at radius 3 is 3.00 bits per heavy atom. The number of rotatable bonds is 2. The maximum Gasteiger partial charge on any atom is 0.192 e. The molecule has 1 fully saturated rings. The zero-order valence-corrected chi connectivity index (χ0v) is 8.11. The largest absolute Gasteiger partial charge is 0.426 e. The topological polar surface area (TPSA) is 22.1 Å². The van der Waals surface area contributed by atoms with Gasteiger partial charge in [-0.05, 0) is 25.0 Å². The van der Waals surface area contributed by atoms with E-state index in [0.717, 1.165) is 11.4 Å². The summed E-state index contributed by atoms with van der Waals surface area (Å²) in [6.45, 7) is 0. The van der Waals surface area contributed by atoms with E-state index in [1.165, 1.54) is 12.8 Å². The molecule has 0 amide bonds. The molecule has 1 aliphatic carbocycles. The molecule has 2 rings (SSSR count). The van der Waals surface area contributed by atoms with E-state index in [2.05, 4.69) is 4.98 Å². The van der Waals surface area contributed by atoms with Crippen molar-refractivity contribution in [3.8, 4) is 5.75 Å². The summed E-state index contributed by atoms with van der Waals surface area (Å²) >= 11 is 1.90. The highest BCUT2D eigenvalue weighted by Gasteiger charge is 2.27. The van der Waals surface area contributed by atoms with Crippen molar-refractivity contribution in [3.05, 3.63) is 24.0 Å². The van der Waals surface area contributed by atoms with E-state index >= 15 is 0 Å². The van der Waals surface area contributed by atoms with Crippen LogP contribution in [-0.2, 0) is 0 Å². The number of aromatic nitrogens is 1.